The molecule has 2 aromatic rings. The molecule has 0 bridgehead atoms. The Bertz CT molecular complexity index is 942. The first-order valence-corrected chi connectivity index (χ1v) is 11.5. The van der Waals surface area contributed by atoms with E-state index in [1.165, 1.54) is 6.26 Å². The molecule has 2 aliphatic heterocycles. The number of nitrogens with zero attached hydrogens (tertiary/aromatic N) is 2. The molecule has 7 heteroatoms. The fourth-order valence-electron chi connectivity index (χ4n) is 4.70. The van der Waals surface area contributed by atoms with Crippen molar-refractivity contribution in [2.75, 3.05) is 26.2 Å². The zero-order valence-corrected chi connectivity index (χ0v) is 18.6. The zero-order chi connectivity index (χ0) is 22.5. The van der Waals surface area contributed by atoms with Gasteiger partial charge >= 0.3 is 0 Å². The molecule has 4 rings (SSSR count). The summed E-state index contributed by atoms with van der Waals surface area (Å²) in [6.45, 7) is 4.50. The standard InChI is InChI=1S/C25H31N3O4/c1-18-7-5-8-20(17-18)23(29)26-22(25(31)27-12-3-2-4-13-27)19-10-14-28(15-11-19)24(30)21-9-6-16-32-21/h5-9,16-17,19,22H,2-4,10-15H2,1H3,(H,26,29). The summed E-state index contributed by atoms with van der Waals surface area (Å²) in [5, 5.41) is 3.05. The molecule has 1 atom stereocenters. The second kappa shape index (κ2) is 10.0. The number of benzene rings is 1. The Labute approximate surface area is 188 Å². The van der Waals surface area contributed by atoms with Gasteiger partial charge in [-0.25, -0.2) is 0 Å². The molecule has 170 valence electrons. The van der Waals surface area contributed by atoms with Crippen LogP contribution in [0.5, 0.6) is 0 Å². The predicted molar refractivity (Wildman–Crippen MR) is 120 cm³/mol. The summed E-state index contributed by atoms with van der Waals surface area (Å²) < 4.78 is 5.24. The van der Waals surface area contributed by atoms with Crippen LogP contribution in [0, 0.1) is 12.8 Å². The van der Waals surface area contributed by atoms with Gasteiger partial charge in [0, 0.05) is 31.7 Å². The molecule has 0 spiro atoms. The maximum Gasteiger partial charge on any atom is 0.289 e. The number of carbonyl (C=O) groups is 3. The second-order valence-electron chi connectivity index (χ2n) is 8.81. The van der Waals surface area contributed by atoms with Crippen molar-refractivity contribution in [1.82, 2.24) is 15.1 Å². The van der Waals surface area contributed by atoms with Crippen molar-refractivity contribution in [1.29, 1.82) is 0 Å². The fourth-order valence-corrected chi connectivity index (χ4v) is 4.70. The van der Waals surface area contributed by atoms with Gasteiger partial charge in [-0.05, 0) is 69.2 Å². The van der Waals surface area contributed by atoms with E-state index in [4.69, 9.17) is 4.42 Å². The second-order valence-corrected chi connectivity index (χ2v) is 8.81. The summed E-state index contributed by atoms with van der Waals surface area (Å²) in [7, 11) is 0. The van der Waals surface area contributed by atoms with Gasteiger partial charge in [0.1, 0.15) is 6.04 Å². The van der Waals surface area contributed by atoms with Gasteiger partial charge in [-0.15, -0.1) is 0 Å². The van der Waals surface area contributed by atoms with E-state index < -0.39 is 6.04 Å². The number of carbonyl (C=O) groups excluding carboxylic acids is 3. The lowest BCUT2D eigenvalue weighted by Gasteiger charge is -2.38. The van der Waals surface area contributed by atoms with Gasteiger partial charge in [0.2, 0.25) is 5.91 Å². The number of nitrogens with one attached hydrogen (secondary N) is 1. The molecule has 2 saturated heterocycles. The number of aryl methyl sites for hydroxylation is 1. The minimum Gasteiger partial charge on any atom is -0.459 e. The molecular weight excluding hydrogens is 406 g/mol. The Kier molecular flexibility index (Phi) is 6.93. The molecular formula is C25H31N3O4. The summed E-state index contributed by atoms with van der Waals surface area (Å²) >= 11 is 0. The van der Waals surface area contributed by atoms with Gasteiger partial charge in [0.15, 0.2) is 5.76 Å². The van der Waals surface area contributed by atoms with Gasteiger partial charge in [-0.1, -0.05) is 17.7 Å². The van der Waals surface area contributed by atoms with E-state index >= 15 is 0 Å². The zero-order valence-electron chi connectivity index (χ0n) is 18.6. The number of rotatable bonds is 5. The van der Waals surface area contributed by atoms with Gasteiger partial charge < -0.3 is 19.5 Å². The minimum atomic E-state index is -0.582. The summed E-state index contributed by atoms with van der Waals surface area (Å²) in [5.41, 5.74) is 1.56. The van der Waals surface area contributed by atoms with Crippen LogP contribution in [0.15, 0.2) is 47.1 Å². The van der Waals surface area contributed by atoms with Gasteiger partial charge in [-0.2, -0.15) is 0 Å². The summed E-state index contributed by atoms with van der Waals surface area (Å²) in [4.78, 5) is 42.7. The van der Waals surface area contributed by atoms with E-state index in [0.29, 0.717) is 37.3 Å². The maximum atomic E-state index is 13.4. The molecule has 32 heavy (non-hydrogen) atoms. The first-order chi connectivity index (χ1) is 15.5. The Morgan fingerprint density at radius 3 is 2.38 bits per heavy atom. The third-order valence-corrected chi connectivity index (χ3v) is 6.53. The van der Waals surface area contributed by atoms with E-state index in [2.05, 4.69) is 5.32 Å². The summed E-state index contributed by atoms with van der Waals surface area (Å²) in [6.07, 6.45) is 5.95. The maximum absolute atomic E-state index is 13.4. The van der Waals surface area contributed by atoms with E-state index in [0.717, 1.165) is 37.9 Å². The summed E-state index contributed by atoms with van der Waals surface area (Å²) in [5.74, 6) is -0.0354. The highest BCUT2D eigenvalue weighted by Gasteiger charge is 2.37. The molecule has 1 N–H and O–H groups in total. The van der Waals surface area contributed by atoms with Gasteiger partial charge in [0.25, 0.3) is 11.8 Å². The number of hydrogen-bond acceptors (Lipinski definition) is 4. The first-order valence-electron chi connectivity index (χ1n) is 11.5. The normalized spacial score (nSPS) is 18.3. The number of furan rings is 1. The fraction of sp³-hybridized carbons (Fsp3) is 0.480. The van der Waals surface area contributed by atoms with Crippen molar-refractivity contribution in [3.8, 4) is 0 Å². The van der Waals surface area contributed by atoms with Crippen molar-refractivity contribution in [3.05, 3.63) is 59.5 Å². The van der Waals surface area contributed by atoms with Crippen LogP contribution in [0.2, 0.25) is 0 Å². The quantitative estimate of drug-likeness (QED) is 0.778. The van der Waals surface area contributed by atoms with E-state index in [9.17, 15) is 14.4 Å². The van der Waals surface area contributed by atoms with Gasteiger partial charge in [-0.3, -0.25) is 14.4 Å². The van der Waals surface area contributed by atoms with Crippen LogP contribution >= 0.6 is 0 Å². The Morgan fingerprint density at radius 2 is 1.72 bits per heavy atom. The first kappa shape index (κ1) is 22.1. The summed E-state index contributed by atoms with van der Waals surface area (Å²) in [6, 6.07) is 10.2. The molecule has 0 aliphatic carbocycles. The van der Waals surface area contributed by atoms with Crippen LogP contribution in [-0.2, 0) is 4.79 Å². The number of hydrogen-bond donors (Lipinski definition) is 1. The van der Waals surface area contributed by atoms with Crippen molar-refractivity contribution in [2.45, 2.75) is 45.1 Å². The number of piperidine rings is 2. The molecule has 1 unspecified atom stereocenters. The van der Waals surface area contributed by atoms with E-state index in [-0.39, 0.29) is 23.6 Å². The number of likely N-dealkylation sites (tertiary alicyclic amines) is 2. The monoisotopic (exact) mass is 437 g/mol. The highest BCUT2D eigenvalue weighted by molar-refractivity contribution is 5.98. The van der Waals surface area contributed by atoms with Crippen LogP contribution in [0.3, 0.4) is 0 Å². The van der Waals surface area contributed by atoms with Crippen LogP contribution in [0.4, 0.5) is 0 Å². The molecule has 2 aliphatic rings. The average molecular weight is 438 g/mol. The highest BCUT2D eigenvalue weighted by atomic mass is 16.3. The molecule has 0 radical (unpaired) electrons. The molecule has 1 aromatic carbocycles. The largest absolute Gasteiger partial charge is 0.459 e. The number of amides is 3. The lowest BCUT2D eigenvalue weighted by atomic mass is 9.87. The Balaban J connectivity index is 1.47. The highest BCUT2D eigenvalue weighted by Crippen LogP contribution is 2.25. The van der Waals surface area contributed by atoms with Gasteiger partial charge in [0.05, 0.1) is 6.26 Å². The average Bonchev–Trinajstić information content (AvgIpc) is 3.37. The van der Waals surface area contributed by atoms with E-state index in [1.54, 1.807) is 23.1 Å². The smallest absolute Gasteiger partial charge is 0.289 e. The Hall–Kier alpha value is -3.09. The third kappa shape index (κ3) is 5.03. The molecule has 3 amide bonds. The van der Waals surface area contributed by atoms with Crippen molar-refractivity contribution >= 4 is 17.7 Å². The lowest BCUT2D eigenvalue weighted by Crippen LogP contribution is -2.55. The van der Waals surface area contributed by atoms with Crippen LogP contribution in [0.1, 0.15) is 58.6 Å². The third-order valence-electron chi connectivity index (χ3n) is 6.53. The molecule has 3 heterocycles. The lowest BCUT2D eigenvalue weighted by molar-refractivity contribution is -0.136. The van der Waals surface area contributed by atoms with E-state index in [1.807, 2.05) is 30.0 Å². The molecule has 0 saturated carbocycles. The molecule has 7 nitrogen and oxygen atoms in total. The SMILES string of the molecule is Cc1cccc(C(=O)NC(C(=O)N2CCCCC2)C2CCN(C(=O)c3ccco3)CC2)c1. The van der Waals surface area contributed by atoms with Crippen LogP contribution < -0.4 is 5.32 Å². The van der Waals surface area contributed by atoms with Crippen LogP contribution in [0.25, 0.3) is 0 Å². The molecule has 1 aromatic heterocycles. The predicted octanol–water partition coefficient (Wildman–Crippen LogP) is 3.25. The topological polar surface area (TPSA) is 82.9 Å². The molecule has 2 fully saturated rings. The Morgan fingerprint density at radius 1 is 0.969 bits per heavy atom. The van der Waals surface area contributed by atoms with Crippen LogP contribution in [-0.4, -0.2) is 59.7 Å². The van der Waals surface area contributed by atoms with Crippen molar-refractivity contribution in [2.24, 2.45) is 5.92 Å². The van der Waals surface area contributed by atoms with Crippen molar-refractivity contribution in [3.63, 3.8) is 0 Å². The van der Waals surface area contributed by atoms with Crippen molar-refractivity contribution < 1.29 is 18.8 Å². The minimum absolute atomic E-state index is 0.00140.